The van der Waals surface area contributed by atoms with Crippen molar-refractivity contribution in [2.24, 2.45) is 5.92 Å². The Kier molecular flexibility index (Phi) is 7.73. The third-order valence-electron chi connectivity index (χ3n) is 4.25. The number of nitrogens with one attached hydrogen (secondary N) is 2. The van der Waals surface area contributed by atoms with Gasteiger partial charge in [-0.3, -0.25) is 4.79 Å². The highest BCUT2D eigenvalue weighted by molar-refractivity contribution is 5.85. The van der Waals surface area contributed by atoms with Gasteiger partial charge in [0.05, 0.1) is 6.04 Å². The number of rotatable bonds is 6. The van der Waals surface area contributed by atoms with Crippen molar-refractivity contribution in [1.82, 2.24) is 10.6 Å². The molecule has 2 rings (SSSR count). The van der Waals surface area contributed by atoms with E-state index >= 15 is 0 Å². The van der Waals surface area contributed by atoms with Gasteiger partial charge in [0.1, 0.15) is 0 Å². The van der Waals surface area contributed by atoms with Crippen LogP contribution in [-0.4, -0.2) is 38.3 Å². The van der Waals surface area contributed by atoms with Crippen molar-refractivity contribution in [3.05, 3.63) is 0 Å². The second-order valence-corrected chi connectivity index (χ2v) is 5.60. The number of carbonyl (C=O) groups is 1. The van der Waals surface area contributed by atoms with Crippen LogP contribution >= 0.6 is 12.4 Å². The van der Waals surface area contributed by atoms with Gasteiger partial charge in [-0.2, -0.15) is 0 Å². The lowest BCUT2D eigenvalue weighted by molar-refractivity contribution is -0.122. The summed E-state index contributed by atoms with van der Waals surface area (Å²) in [6.45, 7) is 1.55. The van der Waals surface area contributed by atoms with Gasteiger partial charge in [0, 0.05) is 26.3 Å². The van der Waals surface area contributed by atoms with Gasteiger partial charge in [-0.05, 0) is 38.0 Å². The quantitative estimate of drug-likeness (QED) is 0.734. The summed E-state index contributed by atoms with van der Waals surface area (Å²) in [5.74, 6) is 0.935. The normalized spacial score (nSPS) is 29.4. The van der Waals surface area contributed by atoms with Crippen LogP contribution in [0.1, 0.15) is 44.9 Å². The molecule has 1 saturated heterocycles. The summed E-state index contributed by atoms with van der Waals surface area (Å²) < 4.78 is 4.99. The molecule has 2 N–H and O–H groups in total. The van der Waals surface area contributed by atoms with Crippen molar-refractivity contribution >= 4 is 18.3 Å². The molecule has 3 unspecified atom stereocenters. The number of hydrogen-bond acceptors (Lipinski definition) is 3. The zero-order chi connectivity index (χ0) is 12.8. The van der Waals surface area contributed by atoms with Crippen molar-refractivity contribution in [3.8, 4) is 0 Å². The molecule has 0 aromatic carbocycles. The maximum Gasteiger partial charge on any atom is 0.237 e. The molecule has 1 aliphatic carbocycles. The molecule has 2 aliphatic rings. The first-order valence-corrected chi connectivity index (χ1v) is 7.34. The zero-order valence-corrected chi connectivity index (χ0v) is 12.6. The molecule has 1 amide bonds. The largest absolute Gasteiger partial charge is 0.385 e. The van der Waals surface area contributed by atoms with Crippen LogP contribution in [0.4, 0.5) is 0 Å². The lowest BCUT2D eigenvalue weighted by Gasteiger charge is -2.24. The maximum absolute atomic E-state index is 12.0. The molecule has 19 heavy (non-hydrogen) atoms. The monoisotopic (exact) mass is 290 g/mol. The lowest BCUT2D eigenvalue weighted by atomic mass is 9.85. The van der Waals surface area contributed by atoms with Crippen LogP contribution in [0.15, 0.2) is 0 Å². The number of unbranched alkanes of at least 4 members (excludes halogenated alkanes) is 1. The topological polar surface area (TPSA) is 50.4 Å². The van der Waals surface area contributed by atoms with Gasteiger partial charge in [0.2, 0.25) is 5.91 Å². The number of amides is 1. The molecule has 1 saturated carbocycles. The average molecular weight is 291 g/mol. The molecule has 0 bridgehead atoms. The van der Waals surface area contributed by atoms with E-state index in [4.69, 9.17) is 4.74 Å². The molecule has 0 spiro atoms. The summed E-state index contributed by atoms with van der Waals surface area (Å²) in [5, 5.41) is 6.54. The highest BCUT2D eigenvalue weighted by atomic mass is 35.5. The lowest BCUT2D eigenvalue weighted by Crippen LogP contribution is -2.43. The SMILES string of the molecule is COCCCCNC(=O)C1CC2CCCCC2N1.Cl. The zero-order valence-electron chi connectivity index (χ0n) is 11.8. The Bertz CT molecular complexity index is 262. The Morgan fingerprint density at radius 1 is 1.32 bits per heavy atom. The molecule has 112 valence electrons. The summed E-state index contributed by atoms with van der Waals surface area (Å²) in [7, 11) is 1.71. The summed E-state index contributed by atoms with van der Waals surface area (Å²) in [4.78, 5) is 12.0. The molecule has 1 heterocycles. The van der Waals surface area contributed by atoms with Gasteiger partial charge in [0.25, 0.3) is 0 Å². The highest BCUT2D eigenvalue weighted by Gasteiger charge is 2.37. The van der Waals surface area contributed by atoms with Gasteiger partial charge in [0.15, 0.2) is 0 Å². The van der Waals surface area contributed by atoms with Gasteiger partial charge < -0.3 is 15.4 Å². The Balaban J connectivity index is 0.00000180. The number of fused-ring (bicyclic) bond motifs is 1. The second-order valence-electron chi connectivity index (χ2n) is 5.60. The highest BCUT2D eigenvalue weighted by Crippen LogP contribution is 2.33. The molecular formula is C14H27ClN2O2. The Hall–Kier alpha value is -0.320. The summed E-state index contributed by atoms with van der Waals surface area (Å²) in [6, 6.07) is 0.656. The van der Waals surface area contributed by atoms with Crippen LogP contribution < -0.4 is 10.6 Å². The van der Waals surface area contributed by atoms with Crippen LogP contribution in [0, 0.1) is 5.92 Å². The smallest absolute Gasteiger partial charge is 0.237 e. The van der Waals surface area contributed by atoms with E-state index in [-0.39, 0.29) is 24.4 Å². The van der Waals surface area contributed by atoms with Gasteiger partial charge in [-0.1, -0.05) is 12.8 Å². The summed E-state index contributed by atoms with van der Waals surface area (Å²) in [6.07, 6.45) is 8.26. The molecule has 0 aromatic heterocycles. The van der Waals surface area contributed by atoms with Crippen molar-refractivity contribution in [3.63, 3.8) is 0 Å². The molecule has 2 fully saturated rings. The number of hydrogen-bond donors (Lipinski definition) is 2. The first kappa shape index (κ1) is 16.7. The first-order valence-electron chi connectivity index (χ1n) is 7.34. The number of methoxy groups -OCH3 is 1. The fraction of sp³-hybridized carbons (Fsp3) is 0.929. The van der Waals surface area contributed by atoms with E-state index in [0.29, 0.717) is 6.04 Å². The second kappa shape index (κ2) is 8.77. The van der Waals surface area contributed by atoms with Crippen molar-refractivity contribution in [1.29, 1.82) is 0 Å². The fourth-order valence-corrected chi connectivity index (χ4v) is 3.23. The summed E-state index contributed by atoms with van der Waals surface area (Å²) >= 11 is 0. The van der Waals surface area contributed by atoms with Gasteiger partial charge in [-0.25, -0.2) is 0 Å². The Morgan fingerprint density at radius 2 is 2.11 bits per heavy atom. The molecule has 5 heteroatoms. The van der Waals surface area contributed by atoms with E-state index in [0.717, 1.165) is 38.3 Å². The average Bonchev–Trinajstić information content (AvgIpc) is 2.82. The standard InChI is InChI=1S/C14H26N2O2.ClH/c1-18-9-5-4-8-15-14(17)13-10-11-6-2-3-7-12(11)16-13;/h11-13,16H,2-10H2,1H3,(H,15,17);1H. The van der Waals surface area contributed by atoms with E-state index in [2.05, 4.69) is 10.6 Å². The minimum absolute atomic E-state index is 0. The van der Waals surface area contributed by atoms with E-state index < -0.39 is 0 Å². The maximum atomic E-state index is 12.0. The predicted octanol–water partition coefficient (Wildman–Crippen LogP) is 1.87. The van der Waals surface area contributed by atoms with Crippen LogP contribution in [0.5, 0.6) is 0 Å². The predicted molar refractivity (Wildman–Crippen MR) is 78.7 cm³/mol. The Labute approximate surface area is 122 Å². The Morgan fingerprint density at radius 3 is 2.84 bits per heavy atom. The van der Waals surface area contributed by atoms with E-state index in [1.54, 1.807) is 7.11 Å². The minimum atomic E-state index is 0. The molecule has 0 radical (unpaired) electrons. The molecule has 0 aromatic rings. The number of carbonyl (C=O) groups excluding carboxylic acids is 1. The van der Waals surface area contributed by atoms with E-state index in [9.17, 15) is 4.79 Å². The van der Waals surface area contributed by atoms with Crippen molar-refractivity contribution in [2.75, 3.05) is 20.3 Å². The van der Waals surface area contributed by atoms with Gasteiger partial charge in [-0.15, -0.1) is 12.4 Å². The summed E-state index contributed by atoms with van der Waals surface area (Å²) in [5.41, 5.74) is 0. The van der Waals surface area contributed by atoms with Crippen LogP contribution in [0.2, 0.25) is 0 Å². The third kappa shape index (κ3) is 4.93. The van der Waals surface area contributed by atoms with Crippen LogP contribution in [0.3, 0.4) is 0 Å². The van der Waals surface area contributed by atoms with Crippen molar-refractivity contribution < 1.29 is 9.53 Å². The third-order valence-corrected chi connectivity index (χ3v) is 4.25. The van der Waals surface area contributed by atoms with Crippen molar-refractivity contribution in [2.45, 2.75) is 57.0 Å². The number of halogens is 1. The van der Waals surface area contributed by atoms with E-state index in [1.165, 1.54) is 25.7 Å². The van der Waals surface area contributed by atoms with Crippen LogP contribution in [-0.2, 0) is 9.53 Å². The molecule has 4 nitrogen and oxygen atoms in total. The molecule has 1 aliphatic heterocycles. The number of ether oxygens (including phenoxy) is 1. The molecule has 3 atom stereocenters. The van der Waals surface area contributed by atoms with Crippen LogP contribution in [0.25, 0.3) is 0 Å². The first-order chi connectivity index (χ1) is 8.81. The fourth-order valence-electron chi connectivity index (χ4n) is 3.23. The minimum Gasteiger partial charge on any atom is -0.385 e. The molecular weight excluding hydrogens is 264 g/mol. The van der Waals surface area contributed by atoms with Gasteiger partial charge >= 0.3 is 0 Å². The van der Waals surface area contributed by atoms with E-state index in [1.807, 2.05) is 0 Å².